The predicted octanol–water partition coefficient (Wildman–Crippen LogP) is 3.04. The Bertz CT molecular complexity index is 1550. The number of aryl methyl sites for hydroxylation is 1. The van der Waals surface area contributed by atoms with E-state index >= 15 is 0 Å². The highest BCUT2D eigenvalue weighted by atomic mass is 19.4. The fraction of sp³-hybridized carbons (Fsp3) is 0.348. The molecule has 0 spiro atoms. The van der Waals surface area contributed by atoms with Crippen LogP contribution in [0.25, 0.3) is 10.9 Å². The molecule has 0 saturated carbocycles. The molecule has 3 heterocycles. The standard InChI is InChI=1S/C23H21F3N6O5/c1-12(13-7-14(23(24,25)26)9-15(8-13)32(35)36)28-20-16-10-18(31-3-5-37-6-4-31)22(34)30(2)19(16)17(11-27)21(33)29-20/h7-10,12H,3-6H2,1-2H3,(H2,28,29,33)/t12-/m1/s1. The minimum atomic E-state index is -4.82. The lowest BCUT2D eigenvalue weighted by Gasteiger charge is -2.29. The number of nitrogens with zero attached hydrogens (tertiary/aromatic N) is 4. The van der Waals surface area contributed by atoms with Crippen molar-refractivity contribution < 1.29 is 22.8 Å². The highest BCUT2D eigenvalue weighted by Crippen LogP contribution is 2.35. The number of aromatic amines is 1. The third kappa shape index (κ3) is 4.85. The van der Waals surface area contributed by atoms with Crippen LogP contribution in [-0.2, 0) is 18.0 Å². The second-order valence-corrected chi connectivity index (χ2v) is 8.51. The predicted molar refractivity (Wildman–Crippen MR) is 128 cm³/mol. The van der Waals surface area contributed by atoms with Crippen LogP contribution in [0.1, 0.15) is 29.7 Å². The van der Waals surface area contributed by atoms with E-state index in [-0.39, 0.29) is 27.8 Å². The van der Waals surface area contributed by atoms with Crippen LogP contribution in [0.15, 0.2) is 33.9 Å². The molecule has 1 saturated heterocycles. The van der Waals surface area contributed by atoms with Gasteiger partial charge in [-0.15, -0.1) is 0 Å². The molecule has 0 radical (unpaired) electrons. The van der Waals surface area contributed by atoms with Crippen LogP contribution in [0, 0.1) is 21.4 Å². The highest BCUT2D eigenvalue weighted by Gasteiger charge is 2.33. The first kappa shape index (κ1) is 25.7. The molecular formula is C23H21F3N6O5. The zero-order valence-electron chi connectivity index (χ0n) is 19.7. The van der Waals surface area contributed by atoms with Crippen LogP contribution in [0.2, 0.25) is 0 Å². The number of nitrogens with one attached hydrogen (secondary N) is 2. The number of fused-ring (bicyclic) bond motifs is 1. The molecule has 14 heteroatoms. The second kappa shape index (κ2) is 9.58. The van der Waals surface area contributed by atoms with Crippen molar-refractivity contribution in [3.8, 4) is 6.07 Å². The molecule has 3 aromatic rings. The van der Waals surface area contributed by atoms with Crippen molar-refractivity contribution in [2.75, 3.05) is 36.5 Å². The van der Waals surface area contributed by atoms with Gasteiger partial charge in [-0.1, -0.05) is 0 Å². The van der Waals surface area contributed by atoms with Gasteiger partial charge in [-0.2, -0.15) is 18.4 Å². The number of alkyl halides is 3. The minimum absolute atomic E-state index is 0.0386. The molecule has 4 rings (SSSR count). The molecule has 1 aliphatic rings. The van der Waals surface area contributed by atoms with Crippen LogP contribution in [0.3, 0.4) is 0 Å². The fourth-order valence-electron chi connectivity index (χ4n) is 4.27. The highest BCUT2D eigenvalue weighted by molar-refractivity contribution is 5.95. The quantitative estimate of drug-likeness (QED) is 0.387. The average Bonchev–Trinajstić information content (AvgIpc) is 2.86. The Morgan fingerprint density at radius 1 is 1.22 bits per heavy atom. The summed E-state index contributed by atoms with van der Waals surface area (Å²) < 4.78 is 46.7. The molecule has 11 nitrogen and oxygen atoms in total. The summed E-state index contributed by atoms with van der Waals surface area (Å²) in [6.07, 6.45) is -4.82. The number of H-pyrrole nitrogens is 1. The van der Waals surface area contributed by atoms with Gasteiger partial charge in [-0.05, 0) is 24.6 Å². The van der Waals surface area contributed by atoms with E-state index in [1.54, 1.807) is 11.0 Å². The number of anilines is 2. The van der Waals surface area contributed by atoms with Crippen LogP contribution >= 0.6 is 0 Å². The summed E-state index contributed by atoms with van der Waals surface area (Å²) in [7, 11) is 1.41. The maximum atomic E-state index is 13.4. The van der Waals surface area contributed by atoms with Gasteiger partial charge in [0.15, 0.2) is 0 Å². The molecule has 0 bridgehead atoms. The van der Waals surface area contributed by atoms with E-state index in [9.17, 15) is 38.1 Å². The smallest absolute Gasteiger partial charge is 0.378 e. The molecular weight excluding hydrogens is 497 g/mol. The summed E-state index contributed by atoms with van der Waals surface area (Å²) in [5.74, 6) is 0.0386. The van der Waals surface area contributed by atoms with E-state index in [1.165, 1.54) is 24.6 Å². The number of benzene rings is 1. The number of aromatic nitrogens is 2. The molecule has 2 aromatic heterocycles. The normalized spacial score (nSPS) is 14.9. The van der Waals surface area contributed by atoms with Gasteiger partial charge in [0.05, 0.1) is 35.3 Å². The Hall–Kier alpha value is -4.38. The van der Waals surface area contributed by atoms with E-state index < -0.39 is 39.5 Å². The van der Waals surface area contributed by atoms with Crippen molar-refractivity contribution in [1.29, 1.82) is 5.26 Å². The van der Waals surface area contributed by atoms with Crippen LogP contribution in [-0.4, -0.2) is 40.8 Å². The number of ether oxygens (including phenoxy) is 1. The molecule has 0 unspecified atom stereocenters. The lowest BCUT2D eigenvalue weighted by atomic mass is 10.0. The van der Waals surface area contributed by atoms with Crippen molar-refractivity contribution >= 4 is 28.1 Å². The lowest BCUT2D eigenvalue weighted by Crippen LogP contribution is -2.40. The Kier molecular flexibility index (Phi) is 6.66. The van der Waals surface area contributed by atoms with Gasteiger partial charge in [0, 0.05) is 37.7 Å². The molecule has 1 atom stereocenters. The Balaban J connectivity index is 1.88. The van der Waals surface area contributed by atoms with Gasteiger partial charge >= 0.3 is 6.18 Å². The molecule has 2 N–H and O–H groups in total. The molecule has 1 aromatic carbocycles. The van der Waals surface area contributed by atoms with Gasteiger partial charge in [0.1, 0.15) is 23.1 Å². The number of nitriles is 1. The molecule has 37 heavy (non-hydrogen) atoms. The van der Waals surface area contributed by atoms with Crippen LogP contribution in [0.5, 0.6) is 0 Å². The van der Waals surface area contributed by atoms with Gasteiger partial charge in [0.25, 0.3) is 16.8 Å². The molecule has 1 fully saturated rings. The Morgan fingerprint density at radius 2 is 1.89 bits per heavy atom. The maximum Gasteiger partial charge on any atom is 0.416 e. The summed E-state index contributed by atoms with van der Waals surface area (Å²) in [6, 6.07) is 4.58. The van der Waals surface area contributed by atoms with Crippen molar-refractivity contribution in [3.63, 3.8) is 0 Å². The second-order valence-electron chi connectivity index (χ2n) is 8.51. The van der Waals surface area contributed by atoms with E-state index in [0.717, 1.165) is 12.1 Å². The Morgan fingerprint density at radius 3 is 2.49 bits per heavy atom. The van der Waals surface area contributed by atoms with Gasteiger partial charge in [-0.25, -0.2) is 0 Å². The number of halogens is 3. The number of nitro benzene ring substituents is 1. The maximum absolute atomic E-state index is 13.4. The number of morpholine rings is 1. The average molecular weight is 518 g/mol. The van der Waals surface area contributed by atoms with Gasteiger partial charge in [-0.3, -0.25) is 19.7 Å². The molecule has 1 aliphatic heterocycles. The summed E-state index contributed by atoms with van der Waals surface area (Å²) in [6.45, 7) is 3.12. The number of non-ortho nitro benzene ring substituents is 1. The number of pyridine rings is 2. The van der Waals surface area contributed by atoms with Crippen LogP contribution < -0.4 is 21.3 Å². The minimum Gasteiger partial charge on any atom is -0.378 e. The van der Waals surface area contributed by atoms with Crippen molar-refractivity contribution in [3.05, 3.63) is 71.8 Å². The molecule has 194 valence electrons. The third-order valence-corrected chi connectivity index (χ3v) is 6.17. The third-order valence-electron chi connectivity index (χ3n) is 6.17. The summed E-state index contributed by atoms with van der Waals surface area (Å²) in [4.78, 5) is 40.5. The SMILES string of the molecule is C[C@@H](Nc1[nH]c(=O)c(C#N)c2c1cc(N1CCOCC1)c(=O)n2C)c1cc([N+](=O)[O-])cc(C(F)(F)F)c1. The number of nitro groups is 1. The zero-order valence-corrected chi connectivity index (χ0v) is 19.7. The largest absolute Gasteiger partial charge is 0.416 e. The molecule has 0 aliphatic carbocycles. The van der Waals surface area contributed by atoms with E-state index in [1.807, 2.05) is 0 Å². The lowest BCUT2D eigenvalue weighted by molar-refractivity contribution is -0.385. The molecule has 0 amide bonds. The van der Waals surface area contributed by atoms with Crippen molar-refractivity contribution in [2.24, 2.45) is 7.05 Å². The first-order valence-electron chi connectivity index (χ1n) is 11.1. The first-order chi connectivity index (χ1) is 17.4. The summed E-state index contributed by atoms with van der Waals surface area (Å²) in [5.41, 5.74) is -3.22. The zero-order chi connectivity index (χ0) is 27.1. The van der Waals surface area contributed by atoms with Crippen LogP contribution in [0.4, 0.5) is 30.4 Å². The fourth-order valence-corrected chi connectivity index (χ4v) is 4.27. The number of hydrogen-bond donors (Lipinski definition) is 2. The van der Waals surface area contributed by atoms with E-state index in [2.05, 4.69) is 10.3 Å². The monoisotopic (exact) mass is 518 g/mol. The van der Waals surface area contributed by atoms with E-state index in [4.69, 9.17) is 4.74 Å². The topological polar surface area (TPSA) is 146 Å². The van der Waals surface area contributed by atoms with Crippen molar-refractivity contribution in [2.45, 2.75) is 19.1 Å². The number of rotatable bonds is 5. The van der Waals surface area contributed by atoms with Gasteiger partial charge < -0.3 is 24.5 Å². The number of hydrogen-bond acceptors (Lipinski definition) is 8. The van der Waals surface area contributed by atoms with Gasteiger partial charge in [0.2, 0.25) is 0 Å². The summed E-state index contributed by atoms with van der Waals surface area (Å²) in [5, 5.41) is 24.0. The first-order valence-corrected chi connectivity index (χ1v) is 11.1. The van der Waals surface area contributed by atoms with Crippen molar-refractivity contribution in [1.82, 2.24) is 9.55 Å². The summed E-state index contributed by atoms with van der Waals surface area (Å²) >= 11 is 0. The Labute approximate surface area is 206 Å². The van der Waals surface area contributed by atoms with E-state index in [0.29, 0.717) is 38.1 Å².